The molecule has 25 heavy (non-hydrogen) atoms. The second-order valence-electron chi connectivity index (χ2n) is 6.31. The van der Waals surface area contributed by atoms with Crippen molar-refractivity contribution in [2.24, 2.45) is 0 Å². The van der Waals surface area contributed by atoms with Crippen LogP contribution in [0, 0.1) is 0 Å². The third-order valence-electron chi connectivity index (χ3n) is 4.49. The molecule has 1 aromatic carbocycles. The Morgan fingerprint density at radius 3 is 2.92 bits per heavy atom. The number of hydrogen-bond acceptors (Lipinski definition) is 4. The number of carbonyl (C=O) groups is 2. The summed E-state index contributed by atoms with van der Waals surface area (Å²) in [5.41, 5.74) is 0.159. The molecule has 1 aliphatic rings. The van der Waals surface area contributed by atoms with E-state index in [0.717, 1.165) is 13.0 Å². The summed E-state index contributed by atoms with van der Waals surface area (Å²) in [7, 11) is 0. The van der Waals surface area contributed by atoms with E-state index in [9.17, 15) is 14.4 Å². The van der Waals surface area contributed by atoms with E-state index >= 15 is 0 Å². The van der Waals surface area contributed by atoms with Crippen molar-refractivity contribution in [1.29, 1.82) is 0 Å². The van der Waals surface area contributed by atoms with Crippen LogP contribution in [0.1, 0.15) is 43.1 Å². The molecule has 7 heteroatoms. The molecule has 132 valence electrons. The number of H-pyrrole nitrogens is 1. The van der Waals surface area contributed by atoms with E-state index in [1.165, 1.54) is 0 Å². The highest BCUT2D eigenvalue weighted by atomic mass is 16.2. The number of carbonyl (C=O) groups excluding carboxylic acids is 2. The number of aromatic amines is 1. The van der Waals surface area contributed by atoms with Crippen LogP contribution < -0.4 is 11.0 Å². The lowest BCUT2D eigenvalue weighted by atomic mass is 10.1. The zero-order valence-corrected chi connectivity index (χ0v) is 14.2. The first-order chi connectivity index (χ1) is 12.1. The molecule has 0 radical (unpaired) electrons. The van der Waals surface area contributed by atoms with E-state index in [4.69, 9.17) is 0 Å². The Labute approximate surface area is 145 Å². The maximum Gasteiger partial charge on any atom is 0.346 e. The smallest absolute Gasteiger partial charge is 0.346 e. The van der Waals surface area contributed by atoms with Gasteiger partial charge < -0.3 is 15.2 Å². The molecule has 1 aromatic heterocycles. The molecule has 1 saturated heterocycles. The summed E-state index contributed by atoms with van der Waals surface area (Å²) in [5.74, 6) is -0.234. The second kappa shape index (κ2) is 7.46. The van der Waals surface area contributed by atoms with Gasteiger partial charge in [-0.05, 0) is 25.3 Å². The molecule has 3 rings (SSSR count). The normalized spacial score (nSPS) is 18.2. The van der Waals surface area contributed by atoms with Gasteiger partial charge in [0, 0.05) is 30.9 Å². The predicted molar refractivity (Wildman–Crippen MR) is 94.3 cm³/mol. The van der Waals surface area contributed by atoms with Crippen molar-refractivity contribution in [3.63, 3.8) is 0 Å². The summed E-state index contributed by atoms with van der Waals surface area (Å²) in [5, 5.41) is 3.55. The largest absolute Gasteiger partial charge is 0.348 e. The molecule has 0 aliphatic carbocycles. The van der Waals surface area contributed by atoms with Crippen molar-refractivity contribution in [3.8, 4) is 0 Å². The third kappa shape index (κ3) is 3.87. The van der Waals surface area contributed by atoms with Crippen LogP contribution in [0.3, 0.4) is 0 Å². The molecule has 1 aliphatic heterocycles. The fourth-order valence-corrected chi connectivity index (χ4v) is 3.22. The van der Waals surface area contributed by atoms with E-state index in [2.05, 4.69) is 15.3 Å². The Balaban J connectivity index is 1.77. The number of fused-ring (bicyclic) bond motifs is 1. The van der Waals surface area contributed by atoms with Crippen molar-refractivity contribution in [2.75, 3.05) is 13.1 Å². The van der Waals surface area contributed by atoms with Gasteiger partial charge >= 0.3 is 5.69 Å². The maximum absolute atomic E-state index is 12.7. The van der Waals surface area contributed by atoms with Gasteiger partial charge in [0.2, 0.25) is 5.91 Å². The maximum atomic E-state index is 12.7. The summed E-state index contributed by atoms with van der Waals surface area (Å²) >= 11 is 0. The first-order valence-electron chi connectivity index (χ1n) is 8.66. The number of nitrogens with one attached hydrogen (secondary N) is 2. The molecule has 1 atom stereocenters. The number of nitrogens with zero attached hydrogens (tertiary/aromatic N) is 2. The average molecular weight is 342 g/mol. The zero-order valence-electron chi connectivity index (χ0n) is 14.2. The first kappa shape index (κ1) is 17.1. The number of likely N-dealkylation sites (tertiary alicyclic amines) is 1. The lowest BCUT2D eigenvalue weighted by Gasteiger charge is -2.20. The van der Waals surface area contributed by atoms with Gasteiger partial charge in [-0.1, -0.05) is 25.1 Å². The van der Waals surface area contributed by atoms with E-state index in [0.29, 0.717) is 36.7 Å². The minimum atomic E-state index is -0.547. The third-order valence-corrected chi connectivity index (χ3v) is 4.49. The van der Waals surface area contributed by atoms with E-state index in [1.807, 2.05) is 11.8 Å². The van der Waals surface area contributed by atoms with Crippen molar-refractivity contribution >= 4 is 22.7 Å². The predicted octanol–water partition coefficient (Wildman–Crippen LogP) is 1.44. The summed E-state index contributed by atoms with van der Waals surface area (Å²) in [6.07, 6.45) is 2.66. The van der Waals surface area contributed by atoms with E-state index in [1.54, 1.807) is 24.3 Å². The Morgan fingerprint density at radius 2 is 2.12 bits per heavy atom. The average Bonchev–Trinajstić information content (AvgIpc) is 2.77. The number of benzene rings is 1. The van der Waals surface area contributed by atoms with Crippen LogP contribution in [0.2, 0.25) is 0 Å². The van der Waals surface area contributed by atoms with Gasteiger partial charge in [0.05, 0.1) is 5.52 Å². The van der Waals surface area contributed by atoms with E-state index in [-0.39, 0.29) is 23.6 Å². The summed E-state index contributed by atoms with van der Waals surface area (Å²) in [6, 6.07) is 6.98. The minimum Gasteiger partial charge on any atom is -0.348 e. The SMILES string of the molecule is CCCN1CCC(NC(=O)c2nc(=O)[nH]c3ccccc23)CCC1=O. The number of hydrogen-bond donors (Lipinski definition) is 2. The number of aromatic nitrogens is 2. The van der Waals surface area contributed by atoms with Crippen molar-refractivity contribution in [1.82, 2.24) is 20.2 Å². The first-order valence-corrected chi connectivity index (χ1v) is 8.66. The summed E-state index contributed by atoms with van der Waals surface area (Å²) in [6.45, 7) is 3.43. The molecular weight excluding hydrogens is 320 g/mol. The highest BCUT2D eigenvalue weighted by molar-refractivity contribution is 6.04. The summed E-state index contributed by atoms with van der Waals surface area (Å²) in [4.78, 5) is 44.8. The monoisotopic (exact) mass is 342 g/mol. The Morgan fingerprint density at radius 1 is 1.32 bits per heavy atom. The van der Waals surface area contributed by atoms with Crippen LogP contribution in [-0.2, 0) is 4.79 Å². The fourth-order valence-electron chi connectivity index (χ4n) is 3.22. The zero-order chi connectivity index (χ0) is 17.8. The molecule has 2 heterocycles. The quantitative estimate of drug-likeness (QED) is 0.879. The second-order valence-corrected chi connectivity index (χ2v) is 6.31. The molecule has 7 nitrogen and oxygen atoms in total. The molecule has 0 saturated carbocycles. The molecule has 1 fully saturated rings. The highest BCUT2D eigenvalue weighted by Gasteiger charge is 2.24. The van der Waals surface area contributed by atoms with E-state index < -0.39 is 5.69 Å². The van der Waals surface area contributed by atoms with Gasteiger partial charge in [-0.15, -0.1) is 0 Å². The molecule has 2 amide bonds. The van der Waals surface area contributed by atoms with Crippen LogP contribution in [0.4, 0.5) is 0 Å². The molecule has 2 aromatic rings. The highest BCUT2D eigenvalue weighted by Crippen LogP contribution is 2.16. The fraction of sp³-hybridized carbons (Fsp3) is 0.444. The van der Waals surface area contributed by atoms with Gasteiger partial charge in [0.25, 0.3) is 5.91 Å². The lowest BCUT2D eigenvalue weighted by molar-refractivity contribution is -0.130. The molecular formula is C18H22N4O3. The number of para-hydroxylation sites is 1. The van der Waals surface area contributed by atoms with Crippen molar-refractivity contribution in [2.45, 2.75) is 38.6 Å². The summed E-state index contributed by atoms with van der Waals surface area (Å²) < 4.78 is 0. The van der Waals surface area contributed by atoms with Crippen LogP contribution in [0.15, 0.2) is 29.1 Å². The van der Waals surface area contributed by atoms with Gasteiger partial charge in [-0.3, -0.25) is 9.59 Å². The van der Waals surface area contributed by atoms with Gasteiger partial charge in [0.15, 0.2) is 0 Å². The lowest BCUT2D eigenvalue weighted by Crippen LogP contribution is -2.37. The van der Waals surface area contributed by atoms with Crippen LogP contribution in [0.25, 0.3) is 10.9 Å². The number of rotatable bonds is 4. The topological polar surface area (TPSA) is 95.2 Å². The van der Waals surface area contributed by atoms with Crippen molar-refractivity contribution < 1.29 is 9.59 Å². The Kier molecular flexibility index (Phi) is 5.11. The standard InChI is InChI=1S/C18H22N4O3/c1-2-10-22-11-9-12(7-8-15(22)23)19-17(24)16-13-5-3-4-6-14(13)20-18(25)21-16/h3-6,12H,2,7-11H2,1H3,(H,19,24)(H,20,21,25). The van der Waals surface area contributed by atoms with Gasteiger partial charge in [-0.2, -0.15) is 4.98 Å². The van der Waals surface area contributed by atoms with Gasteiger partial charge in [0.1, 0.15) is 5.69 Å². The Bertz CT molecular complexity index is 846. The van der Waals surface area contributed by atoms with Crippen LogP contribution >= 0.6 is 0 Å². The van der Waals surface area contributed by atoms with Crippen LogP contribution in [-0.4, -0.2) is 45.8 Å². The molecule has 2 N–H and O–H groups in total. The Hall–Kier alpha value is -2.70. The molecule has 0 spiro atoms. The minimum absolute atomic E-state index is 0.0989. The molecule has 1 unspecified atom stereocenters. The van der Waals surface area contributed by atoms with Gasteiger partial charge in [-0.25, -0.2) is 4.79 Å². The number of amides is 2. The van der Waals surface area contributed by atoms with Crippen LogP contribution in [0.5, 0.6) is 0 Å². The molecule has 0 bridgehead atoms. The van der Waals surface area contributed by atoms with Crippen molar-refractivity contribution in [3.05, 3.63) is 40.4 Å².